The Hall–Kier alpha value is -3.49. The van der Waals surface area contributed by atoms with E-state index in [1.807, 2.05) is 6.92 Å². The van der Waals surface area contributed by atoms with Crippen molar-refractivity contribution in [1.29, 1.82) is 0 Å². The lowest BCUT2D eigenvalue weighted by molar-refractivity contribution is -0.389. The summed E-state index contributed by atoms with van der Waals surface area (Å²) in [6, 6.07) is 9.35. The molecule has 0 radical (unpaired) electrons. The third-order valence-electron chi connectivity index (χ3n) is 4.13. The van der Waals surface area contributed by atoms with E-state index >= 15 is 0 Å². The maximum atomic E-state index is 12.6. The maximum Gasteiger partial charge on any atom is 0.366 e. The molecule has 146 valence electrons. The monoisotopic (exact) mass is 385 g/mol. The van der Waals surface area contributed by atoms with Gasteiger partial charge in [-0.1, -0.05) is 19.1 Å². The van der Waals surface area contributed by atoms with Crippen LogP contribution in [0.5, 0.6) is 5.75 Å². The summed E-state index contributed by atoms with van der Waals surface area (Å²) in [7, 11) is 0. The van der Waals surface area contributed by atoms with Crippen LogP contribution in [0.25, 0.3) is 0 Å². The van der Waals surface area contributed by atoms with Crippen molar-refractivity contribution in [3.63, 3.8) is 0 Å². The van der Waals surface area contributed by atoms with Gasteiger partial charge in [-0.2, -0.15) is 0 Å². The summed E-state index contributed by atoms with van der Waals surface area (Å²) in [5.41, 5.74) is 1.03. The first-order valence-electron chi connectivity index (χ1n) is 8.80. The van der Waals surface area contributed by atoms with Crippen LogP contribution in [0.15, 0.2) is 36.4 Å². The third kappa shape index (κ3) is 3.93. The number of carbonyl (C=O) groups is 2. The van der Waals surface area contributed by atoms with Crippen LogP contribution in [0.1, 0.15) is 36.2 Å². The van der Waals surface area contributed by atoms with E-state index in [9.17, 15) is 19.7 Å². The van der Waals surface area contributed by atoms with E-state index < -0.39 is 17.0 Å². The number of rotatable bonds is 6. The molecule has 9 heteroatoms. The number of hydrogen-bond donors (Lipinski definition) is 0. The van der Waals surface area contributed by atoms with E-state index in [0.717, 1.165) is 0 Å². The number of nitrogens with zero attached hydrogens (tertiary/aromatic N) is 3. The van der Waals surface area contributed by atoms with Crippen LogP contribution in [-0.2, 0) is 16.1 Å². The van der Waals surface area contributed by atoms with E-state index in [-0.39, 0.29) is 29.8 Å². The first-order chi connectivity index (χ1) is 13.4. The summed E-state index contributed by atoms with van der Waals surface area (Å²) < 4.78 is 10.6. The number of ether oxygens (including phenoxy) is 2. The van der Waals surface area contributed by atoms with Crippen LogP contribution in [-0.4, -0.2) is 34.5 Å². The Labute approximate surface area is 161 Å². The van der Waals surface area contributed by atoms with Gasteiger partial charge in [0, 0.05) is 6.07 Å². The van der Waals surface area contributed by atoms with E-state index in [2.05, 4.69) is 4.98 Å². The van der Waals surface area contributed by atoms with E-state index in [1.165, 1.54) is 17.0 Å². The number of carbonyl (C=O) groups excluding carboxylic acids is 2. The zero-order chi connectivity index (χ0) is 20.3. The lowest BCUT2D eigenvalue weighted by Crippen LogP contribution is -2.44. The van der Waals surface area contributed by atoms with Crippen molar-refractivity contribution in [2.24, 2.45) is 0 Å². The summed E-state index contributed by atoms with van der Waals surface area (Å²) in [6.45, 7) is 3.91. The molecule has 9 nitrogen and oxygen atoms in total. The molecular weight excluding hydrogens is 366 g/mol. The smallest absolute Gasteiger partial charge is 0.366 e. The normalized spacial score (nSPS) is 15.6. The fourth-order valence-corrected chi connectivity index (χ4v) is 2.79. The van der Waals surface area contributed by atoms with Gasteiger partial charge in [-0.15, -0.1) is 0 Å². The van der Waals surface area contributed by atoms with Gasteiger partial charge in [-0.25, -0.2) is 4.79 Å². The van der Waals surface area contributed by atoms with E-state index in [1.54, 1.807) is 31.2 Å². The van der Waals surface area contributed by atoms with Crippen molar-refractivity contribution >= 4 is 23.5 Å². The molecule has 1 aromatic heterocycles. The second kappa shape index (κ2) is 8.03. The average molecular weight is 385 g/mol. The molecule has 1 aliphatic heterocycles. The first kappa shape index (κ1) is 19.3. The van der Waals surface area contributed by atoms with Crippen molar-refractivity contribution in [2.75, 3.05) is 11.5 Å². The van der Waals surface area contributed by atoms with Crippen molar-refractivity contribution in [1.82, 2.24) is 4.98 Å². The van der Waals surface area contributed by atoms with Crippen LogP contribution < -0.4 is 9.64 Å². The molecule has 0 saturated heterocycles. The van der Waals surface area contributed by atoms with Gasteiger partial charge < -0.3 is 19.6 Å². The van der Waals surface area contributed by atoms with Crippen LogP contribution in [0, 0.1) is 10.1 Å². The number of hydrogen-bond acceptors (Lipinski definition) is 7. The van der Waals surface area contributed by atoms with Crippen LogP contribution in [0.3, 0.4) is 0 Å². The molecule has 0 bridgehead atoms. The number of benzene rings is 1. The summed E-state index contributed by atoms with van der Waals surface area (Å²) in [6.07, 6.45) is -0.0409. The zero-order valence-electron chi connectivity index (χ0n) is 15.5. The Bertz CT molecular complexity index is 930. The topological polar surface area (TPSA) is 112 Å². The number of aromatic nitrogens is 1. The van der Waals surface area contributed by atoms with Gasteiger partial charge in [0.25, 0.3) is 11.7 Å². The fraction of sp³-hybridized carbons (Fsp3) is 0.316. The second-order valence-electron chi connectivity index (χ2n) is 6.27. The third-order valence-corrected chi connectivity index (χ3v) is 4.13. The van der Waals surface area contributed by atoms with Crippen molar-refractivity contribution in [3.05, 3.63) is 57.6 Å². The number of pyridine rings is 1. The molecule has 0 fully saturated rings. The van der Waals surface area contributed by atoms with Crippen LogP contribution >= 0.6 is 0 Å². The highest BCUT2D eigenvalue weighted by Gasteiger charge is 2.36. The summed E-state index contributed by atoms with van der Waals surface area (Å²) in [4.78, 5) is 40.4. The molecule has 1 atom stereocenters. The van der Waals surface area contributed by atoms with Gasteiger partial charge in [0.2, 0.25) is 0 Å². The lowest BCUT2D eigenvalue weighted by atomic mass is 10.1. The number of esters is 1. The van der Waals surface area contributed by atoms with Gasteiger partial charge in [0.05, 0.1) is 18.7 Å². The van der Waals surface area contributed by atoms with Gasteiger partial charge in [0.15, 0.2) is 11.9 Å². The molecule has 2 aromatic rings. The Balaban J connectivity index is 1.91. The molecule has 0 spiro atoms. The predicted molar refractivity (Wildman–Crippen MR) is 99.2 cm³/mol. The molecule has 1 unspecified atom stereocenters. The Morgan fingerprint density at radius 3 is 2.86 bits per heavy atom. The van der Waals surface area contributed by atoms with Gasteiger partial charge in [-0.3, -0.25) is 9.69 Å². The van der Waals surface area contributed by atoms with Crippen molar-refractivity contribution in [3.8, 4) is 5.75 Å². The molecule has 1 amide bonds. The molecule has 0 aliphatic carbocycles. The first-order valence-corrected chi connectivity index (χ1v) is 8.80. The minimum atomic E-state index is -0.756. The van der Waals surface area contributed by atoms with Gasteiger partial charge >= 0.3 is 11.8 Å². The number of anilines is 1. The number of nitro groups is 1. The van der Waals surface area contributed by atoms with Crippen LogP contribution in [0.4, 0.5) is 11.6 Å². The minimum Gasteiger partial charge on any atom is -0.475 e. The highest BCUT2D eigenvalue weighted by atomic mass is 16.6. The lowest BCUT2D eigenvalue weighted by Gasteiger charge is -2.29. The van der Waals surface area contributed by atoms with Crippen LogP contribution in [0.2, 0.25) is 0 Å². The Morgan fingerprint density at radius 2 is 2.14 bits per heavy atom. The number of fused-ring (bicyclic) bond motifs is 1. The number of amides is 1. The second-order valence-corrected chi connectivity index (χ2v) is 6.27. The summed E-state index contributed by atoms with van der Waals surface area (Å²) >= 11 is 0. The minimum absolute atomic E-state index is 0.0799. The molecule has 0 saturated carbocycles. The van der Waals surface area contributed by atoms with Gasteiger partial charge in [0.1, 0.15) is 0 Å². The standard InChI is InChI=1S/C19H19N3O6/c1-3-9-27-19(24)14-6-4-5-13(10-14)11-21-17-15(28-12(2)18(21)23)7-8-16(20-17)22(25)26/h4-8,10,12H,3,9,11H2,1-2H3. The molecule has 1 aliphatic rings. The summed E-state index contributed by atoms with van der Waals surface area (Å²) in [5.74, 6) is -0.835. The average Bonchev–Trinajstić information content (AvgIpc) is 2.69. The van der Waals surface area contributed by atoms with E-state index in [4.69, 9.17) is 9.47 Å². The van der Waals surface area contributed by atoms with E-state index in [0.29, 0.717) is 24.2 Å². The predicted octanol–water partition coefficient (Wildman–Crippen LogP) is 2.87. The largest absolute Gasteiger partial charge is 0.475 e. The zero-order valence-corrected chi connectivity index (χ0v) is 15.5. The SMILES string of the molecule is CCCOC(=O)c1cccc(CN2C(=O)C(C)Oc3ccc([N+](=O)[O-])nc32)c1. The van der Waals surface area contributed by atoms with Gasteiger partial charge in [-0.05, 0) is 47.0 Å². The maximum absolute atomic E-state index is 12.6. The summed E-state index contributed by atoms with van der Waals surface area (Å²) in [5, 5.41) is 11.1. The van der Waals surface area contributed by atoms with Crippen molar-refractivity contribution in [2.45, 2.75) is 32.9 Å². The highest BCUT2D eigenvalue weighted by Crippen LogP contribution is 2.35. The quantitative estimate of drug-likeness (QED) is 0.427. The fourth-order valence-electron chi connectivity index (χ4n) is 2.79. The Morgan fingerprint density at radius 1 is 1.36 bits per heavy atom. The molecule has 3 rings (SSSR count). The van der Waals surface area contributed by atoms with Crippen molar-refractivity contribution < 1.29 is 24.0 Å². The molecule has 0 N–H and O–H groups in total. The Kier molecular flexibility index (Phi) is 5.53. The highest BCUT2D eigenvalue weighted by molar-refractivity contribution is 5.99. The molecular formula is C19H19N3O6. The molecule has 2 heterocycles. The molecule has 28 heavy (non-hydrogen) atoms. The molecule has 1 aromatic carbocycles.